The van der Waals surface area contributed by atoms with Crippen molar-refractivity contribution in [1.82, 2.24) is 9.97 Å². The Morgan fingerprint density at radius 1 is 1.69 bits per heavy atom. The molecular weight excluding hydrogens is 321 g/mol. The lowest BCUT2D eigenvalue weighted by atomic mass is 9.95. The maximum absolute atomic E-state index is 11.4. The topological polar surface area (TPSA) is 78.0 Å². The fraction of sp³-hybridized carbons (Fsp3) is 0.600. The zero-order chi connectivity index (χ0) is 12.2. The van der Waals surface area contributed by atoms with Gasteiger partial charge >= 0.3 is 0 Å². The first-order valence-corrected chi connectivity index (χ1v) is 6.22. The van der Waals surface area contributed by atoms with Crippen molar-refractivity contribution in [3.8, 4) is 0 Å². The van der Waals surface area contributed by atoms with Crippen LogP contribution in [-0.4, -0.2) is 27.2 Å². The SMILES string of the molecule is CCC(C)(CCO)Nc1nc[nH]c(=O)c1I. The molecule has 0 fully saturated rings. The van der Waals surface area contributed by atoms with Crippen LogP contribution >= 0.6 is 22.6 Å². The van der Waals surface area contributed by atoms with Crippen molar-refractivity contribution in [2.45, 2.75) is 32.2 Å². The lowest BCUT2D eigenvalue weighted by Gasteiger charge is -2.29. The zero-order valence-corrected chi connectivity index (χ0v) is 11.5. The van der Waals surface area contributed by atoms with Crippen LogP contribution in [0.1, 0.15) is 26.7 Å². The molecule has 0 aromatic carbocycles. The quantitative estimate of drug-likeness (QED) is 0.709. The zero-order valence-electron chi connectivity index (χ0n) is 9.38. The lowest BCUT2D eigenvalue weighted by Crippen LogP contribution is -2.36. The summed E-state index contributed by atoms with van der Waals surface area (Å²) in [5, 5.41) is 12.2. The predicted molar refractivity (Wildman–Crippen MR) is 71.6 cm³/mol. The highest BCUT2D eigenvalue weighted by Gasteiger charge is 2.22. The van der Waals surface area contributed by atoms with E-state index in [0.717, 1.165) is 6.42 Å². The molecule has 0 aliphatic heterocycles. The number of hydrogen-bond acceptors (Lipinski definition) is 4. The van der Waals surface area contributed by atoms with E-state index < -0.39 is 0 Å². The Morgan fingerprint density at radius 2 is 2.38 bits per heavy atom. The van der Waals surface area contributed by atoms with Gasteiger partial charge in [-0.15, -0.1) is 0 Å². The Bertz CT molecular complexity index is 407. The van der Waals surface area contributed by atoms with Gasteiger partial charge in [0.05, 0.1) is 6.33 Å². The molecule has 0 saturated heterocycles. The number of aliphatic hydroxyl groups is 1. The molecule has 0 aliphatic carbocycles. The molecule has 16 heavy (non-hydrogen) atoms. The van der Waals surface area contributed by atoms with E-state index >= 15 is 0 Å². The van der Waals surface area contributed by atoms with E-state index in [1.807, 2.05) is 36.4 Å². The summed E-state index contributed by atoms with van der Waals surface area (Å²) in [6, 6.07) is 0. The van der Waals surface area contributed by atoms with Gasteiger partial charge in [0.1, 0.15) is 9.39 Å². The van der Waals surface area contributed by atoms with Gasteiger partial charge in [-0.25, -0.2) is 4.98 Å². The van der Waals surface area contributed by atoms with Crippen molar-refractivity contribution < 1.29 is 5.11 Å². The monoisotopic (exact) mass is 337 g/mol. The Labute approximate surface area is 108 Å². The van der Waals surface area contributed by atoms with Gasteiger partial charge < -0.3 is 15.4 Å². The molecule has 0 saturated carbocycles. The number of anilines is 1. The van der Waals surface area contributed by atoms with E-state index in [-0.39, 0.29) is 17.7 Å². The molecule has 0 bridgehead atoms. The average molecular weight is 337 g/mol. The van der Waals surface area contributed by atoms with Crippen LogP contribution in [0.3, 0.4) is 0 Å². The minimum Gasteiger partial charge on any atom is -0.396 e. The third-order valence-electron chi connectivity index (χ3n) is 2.66. The summed E-state index contributed by atoms with van der Waals surface area (Å²) in [7, 11) is 0. The average Bonchev–Trinajstić information content (AvgIpc) is 2.25. The molecule has 6 heteroatoms. The van der Waals surface area contributed by atoms with E-state index in [1.165, 1.54) is 6.33 Å². The second-order valence-electron chi connectivity index (χ2n) is 3.91. The van der Waals surface area contributed by atoms with E-state index in [4.69, 9.17) is 5.11 Å². The predicted octanol–water partition coefficient (Wildman–Crippen LogP) is 1.34. The van der Waals surface area contributed by atoms with Gasteiger partial charge in [-0.2, -0.15) is 0 Å². The van der Waals surface area contributed by atoms with Crippen LogP contribution in [0.15, 0.2) is 11.1 Å². The van der Waals surface area contributed by atoms with Gasteiger partial charge in [0.2, 0.25) is 0 Å². The van der Waals surface area contributed by atoms with Crippen LogP contribution in [-0.2, 0) is 0 Å². The van der Waals surface area contributed by atoms with Gasteiger partial charge in [0.25, 0.3) is 5.56 Å². The molecule has 1 atom stereocenters. The normalized spacial score (nSPS) is 14.5. The van der Waals surface area contributed by atoms with Crippen molar-refractivity contribution in [1.29, 1.82) is 0 Å². The van der Waals surface area contributed by atoms with E-state index in [9.17, 15) is 4.79 Å². The van der Waals surface area contributed by atoms with Crippen LogP contribution in [0.5, 0.6) is 0 Å². The number of nitrogens with one attached hydrogen (secondary N) is 2. The molecule has 3 N–H and O–H groups in total. The van der Waals surface area contributed by atoms with Gasteiger partial charge in [0, 0.05) is 12.1 Å². The number of rotatable bonds is 5. The fourth-order valence-electron chi connectivity index (χ4n) is 1.33. The largest absolute Gasteiger partial charge is 0.396 e. The first-order chi connectivity index (χ1) is 7.52. The second-order valence-corrected chi connectivity index (χ2v) is 4.99. The number of aromatic nitrogens is 2. The molecule has 0 aliphatic rings. The number of hydrogen-bond donors (Lipinski definition) is 3. The molecule has 1 unspecified atom stereocenters. The summed E-state index contributed by atoms with van der Waals surface area (Å²) in [6.07, 6.45) is 2.84. The molecular formula is C10H16IN3O2. The highest BCUT2D eigenvalue weighted by Crippen LogP contribution is 2.21. The number of aromatic amines is 1. The van der Waals surface area contributed by atoms with Crippen LogP contribution in [0, 0.1) is 3.57 Å². The van der Waals surface area contributed by atoms with Crippen molar-refractivity contribution in [2.24, 2.45) is 0 Å². The van der Waals surface area contributed by atoms with Crippen LogP contribution in [0.25, 0.3) is 0 Å². The summed E-state index contributed by atoms with van der Waals surface area (Å²) >= 11 is 1.96. The lowest BCUT2D eigenvalue weighted by molar-refractivity contribution is 0.251. The Hall–Kier alpha value is -0.630. The summed E-state index contributed by atoms with van der Waals surface area (Å²) in [5.41, 5.74) is -0.393. The molecule has 0 radical (unpaired) electrons. The molecule has 1 aromatic heterocycles. The van der Waals surface area contributed by atoms with Gasteiger partial charge in [0.15, 0.2) is 0 Å². The Morgan fingerprint density at radius 3 is 2.94 bits per heavy atom. The number of nitrogens with zero attached hydrogens (tertiary/aromatic N) is 1. The molecule has 1 rings (SSSR count). The van der Waals surface area contributed by atoms with Crippen LogP contribution in [0.2, 0.25) is 0 Å². The number of H-pyrrole nitrogens is 1. The third kappa shape index (κ3) is 3.18. The highest BCUT2D eigenvalue weighted by atomic mass is 127. The first kappa shape index (κ1) is 13.4. The van der Waals surface area contributed by atoms with Crippen molar-refractivity contribution >= 4 is 28.4 Å². The smallest absolute Gasteiger partial charge is 0.266 e. The number of aliphatic hydroxyl groups excluding tert-OH is 1. The van der Waals surface area contributed by atoms with E-state index in [2.05, 4.69) is 15.3 Å². The molecule has 5 nitrogen and oxygen atoms in total. The molecule has 1 aromatic rings. The molecule has 1 heterocycles. The summed E-state index contributed by atoms with van der Waals surface area (Å²) in [4.78, 5) is 18.0. The summed E-state index contributed by atoms with van der Waals surface area (Å²) < 4.78 is 0.540. The van der Waals surface area contributed by atoms with Gasteiger partial charge in [-0.1, -0.05) is 6.92 Å². The maximum atomic E-state index is 11.4. The molecule has 0 spiro atoms. The maximum Gasteiger partial charge on any atom is 0.266 e. The summed E-state index contributed by atoms with van der Waals surface area (Å²) in [6.45, 7) is 4.14. The van der Waals surface area contributed by atoms with Crippen LogP contribution < -0.4 is 10.9 Å². The minimum atomic E-state index is -0.241. The van der Waals surface area contributed by atoms with Crippen molar-refractivity contribution in [2.75, 3.05) is 11.9 Å². The van der Waals surface area contributed by atoms with Crippen molar-refractivity contribution in [3.05, 3.63) is 20.3 Å². The molecule has 0 amide bonds. The summed E-state index contributed by atoms with van der Waals surface area (Å²) in [5.74, 6) is 0.571. The van der Waals surface area contributed by atoms with E-state index in [1.54, 1.807) is 0 Å². The van der Waals surface area contributed by atoms with Crippen LogP contribution in [0.4, 0.5) is 5.82 Å². The number of halogens is 1. The Kier molecular flexibility index (Phi) is 4.72. The van der Waals surface area contributed by atoms with Crippen molar-refractivity contribution in [3.63, 3.8) is 0 Å². The van der Waals surface area contributed by atoms with E-state index in [0.29, 0.717) is 15.8 Å². The Balaban J connectivity index is 2.94. The molecule has 90 valence electrons. The standard InChI is InChI=1S/C10H16IN3O2/c1-3-10(2,4-5-15)14-8-7(11)9(16)13-6-12-8/h6,15H,3-5H2,1-2H3,(H2,12,13,14,16). The minimum absolute atomic E-state index is 0.108. The van der Waals surface area contributed by atoms with Gasteiger partial charge in [-0.05, 0) is 42.4 Å². The first-order valence-electron chi connectivity index (χ1n) is 5.14. The second kappa shape index (κ2) is 5.62. The third-order valence-corrected chi connectivity index (χ3v) is 3.66. The fourth-order valence-corrected chi connectivity index (χ4v) is 1.76. The highest BCUT2D eigenvalue weighted by molar-refractivity contribution is 14.1. The van der Waals surface area contributed by atoms with Gasteiger partial charge in [-0.3, -0.25) is 4.79 Å².